The summed E-state index contributed by atoms with van der Waals surface area (Å²) < 4.78 is 5.56. The molecule has 1 rings (SSSR count). The zero-order valence-electron chi connectivity index (χ0n) is 9.55. The number of nitrogens with one attached hydrogen (secondary N) is 1. The van der Waals surface area contributed by atoms with Crippen molar-refractivity contribution < 1.29 is 9.53 Å². The Bertz CT molecular complexity index is 220. The molecule has 1 saturated heterocycles. The Morgan fingerprint density at radius 1 is 1.40 bits per heavy atom. The lowest BCUT2D eigenvalue weighted by molar-refractivity contribution is -0.126. The molecule has 0 aliphatic carbocycles. The lowest BCUT2D eigenvalue weighted by Crippen LogP contribution is -2.33. The third-order valence-electron chi connectivity index (χ3n) is 2.60. The minimum absolute atomic E-state index is 0.191. The van der Waals surface area contributed by atoms with E-state index in [-0.39, 0.29) is 18.5 Å². The maximum atomic E-state index is 11.4. The molecule has 0 amide bonds. The molecule has 1 aliphatic heterocycles. The summed E-state index contributed by atoms with van der Waals surface area (Å²) in [5, 5.41) is 3.27. The Morgan fingerprint density at radius 3 is 2.67 bits per heavy atom. The van der Waals surface area contributed by atoms with Crippen molar-refractivity contribution in [2.75, 3.05) is 19.7 Å². The molecule has 0 bridgehead atoms. The maximum Gasteiger partial charge on any atom is 0.158 e. The van der Waals surface area contributed by atoms with Crippen molar-refractivity contribution in [3.8, 4) is 0 Å². The number of Topliss-reactive ketones (excluding diaryl/α,β-unsaturated/α-hetero) is 1. The monoisotopic (exact) mass is 211 g/mol. The highest BCUT2D eigenvalue weighted by Crippen LogP contribution is 2.08. The molecule has 3 nitrogen and oxygen atoms in total. The van der Waals surface area contributed by atoms with Crippen LogP contribution in [0.3, 0.4) is 0 Å². The summed E-state index contributed by atoms with van der Waals surface area (Å²) in [6.07, 6.45) is 3.68. The van der Waals surface area contributed by atoms with E-state index in [1.54, 1.807) is 0 Å². The predicted molar refractivity (Wildman–Crippen MR) is 60.9 cm³/mol. The van der Waals surface area contributed by atoms with Gasteiger partial charge in [0.1, 0.15) is 6.61 Å². The van der Waals surface area contributed by atoms with Gasteiger partial charge in [0.15, 0.2) is 5.78 Å². The first-order chi connectivity index (χ1) is 7.18. The van der Waals surface area contributed by atoms with E-state index in [9.17, 15) is 4.79 Å². The smallest absolute Gasteiger partial charge is 0.158 e. The number of hydrogen-bond donors (Lipinski definition) is 1. The fraction of sp³-hybridized carbons (Fsp3) is 0.750. The fourth-order valence-electron chi connectivity index (χ4n) is 1.60. The topological polar surface area (TPSA) is 38.3 Å². The number of carbonyl (C=O) groups excluding carboxylic acids is 1. The van der Waals surface area contributed by atoms with Crippen molar-refractivity contribution in [1.82, 2.24) is 5.32 Å². The molecule has 0 aromatic rings. The lowest BCUT2D eigenvalue weighted by atomic mass is 10.1. The molecule has 0 aromatic heterocycles. The number of piperidine rings is 1. The summed E-state index contributed by atoms with van der Waals surface area (Å²) >= 11 is 0. The zero-order valence-corrected chi connectivity index (χ0v) is 9.55. The maximum absolute atomic E-state index is 11.4. The highest BCUT2D eigenvalue weighted by molar-refractivity contribution is 5.79. The SMILES string of the molecule is C=C(C)CCC(=O)COC1CCNCC1. The van der Waals surface area contributed by atoms with Crippen molar-refractivity contribution in [3.05, 3.63) is 12.2 Å². The Hall–Kier alpha value is -0.670. The van der Waals surface area contributed by atoms with Gasteiger partial charge in [-0.15, -0.1) is 6.58 Å². The van der Waals surface area contributed by atoms with E-state index in [4.69, 9.17) is 4.74 Å². The van der Waals surface area contributed by atoms with Gasteiger partial charge in [-0.3, -0.25) is 4.79 Å². The lowest BCUT2D eigenvalue weighted by Gasteiger charge is -2.22. The molecule has 1 aliphatic rings. The van der Waals surface area contributed by atoms with Gasteiger partial charge < -0.3 is 10.1 Å². The standard InChI is InChI=1S/C12H21NO2/c1-10(2)3-4-11(14)9-15-12-5-7-13-8-6-12/h12-13H,1,3-9H2,2H3. The first kappa shape index (κ1) is 12.4. The summed E-state index contributed by atoms with van der Waals surface area (Å²) in [6, 6.07) is 0. The number of ketones is 1. The quantitative estimate of drug-likeness (QED) is 0.679. The van der Waals surface area contributed by atoms with Crippen LogP contribution in [-0.4, -0.2) is 31.6 Å². The molecule has 0 saturated carbocycles. The van der Waals surface area contributed by atoms with Crippen molar-refractivity contribution in [3.63, 3.8) is 0 Å². The summed E-state index contributed by atoms with van der Waals surface area (Å²) in [7, 11) is 0. The van der Waals surface area contributed by atoms with Gasteiger partial charge in [-0.2, -0.15) is 0 Å². The number of rotatable bonds is 6. The number of allylic oxidation sites excluding steroid dienone is 1. The summed E-state index contributed by atoms with van der Waals surface area (Å²) in [5.74, 6) is 0.191. The molecular formula is C12H21NO2. The molecule has 1 N–H and O–H groups in total. The van der Waals surface area contributed by atoms with Crippen LogP contribution in [0.5, 0.6) is 0 Å². The predicted octanol–water partition coefficient (Wildman–Crippen LogP) is 1.68. The largest absolute Gasteiger partial charge is 0.370 e. The van der Waals surface area contributed by atoms with Crippen LogP contribution >= 0.6 is 0 Å². The molecule has 3 heteroatoms. The van der Waals surface area contributed by atoms with Crippen LogP contribution in [0, 0.1) is 0 Å². The third-order valence-corrected chi connectivity index (χ3v) is 2.60. The molecule has 86 valence electrons. The van der Waals surface area contributed by atoms with Crippen LogP contribution in [0.15, 0.2) is 12.2 Å². The molecule has 0 spiro atoms. The van der Waals surface area contributed by atoms with Crippen molar-refractivity contribution in [2.24, 2.45) is 0 Å². The van der Waals surface area contributed by atoms with E-state index < -0.39 is 0 Å². The van der Waals surface area contributed by atoms with E-state index in [0.29, 0.717) is 6.42 Å². The van der Waals surface area contributed by atoms with Gasteiger partial charge in [-0.05, 0) is 39.3 Å². The van der Waals surface area contributed by atoms with Gasteiger partial charge in [0, 0.05) is 6.42 Å². The minimum atomic E-state index is 0.191. The van der Waals surface area contributed by atoms with Crippen LogP contribution in [0.4, 0.5) is 0 Å². The average Bonchev–Trinajstić information content (AvgIpc) is 2.25. The molecule has 0 radical (unpaired) electrons. The molecule has 15 heavy (non-hydrogen) atoms. The van der Waals surface area contributed by atoms with Gasteiger partial charge >= 0.3 is 0 Å². The van der Waals surface area contributed by atoms with Crippen molar-refractivity contribution in [1.29, 1.82) is 0 Å². The third kappa shape index (κ3) is 5.70. The molecule has 1 fully saturated rings. The molecule has 0 unspecified atom stereocenters. The minimum Gasteiger partial charge on any atom is -0.370 e. The van der Waals surface area contributed by atoms with Gasteiger partial charge in [-0.1, -0.05) is 5.57 Å². The summed E-state index contributed by atoms with van der Waals surface area (Å²) in [5.41, 5.74) is 1.06. The highest BCUT2D eigenvalue weighted by atomic mass is 16.5. The van der Waals surface area contributed by atoms with Crippen LogP contribution < -0.4 is 5.32 Å². The molecule has 0 aromatic carbocycles. The molecule has 1 heterocycles. The summed E-state index contributed by atoms with van der Waals surface area (Å²) in [4.78, 5) is 11.4. The van der Waals surface area contributed by atoms with E-state index in [1.165, 1.54) is 0 Å². The van der Waals surface area contributed by atoms with Gasteiger partial charge in [-0.25, -0.2) is 0 Å². The second kappa shape index (κ2) is 6.75. The second-order valence-corrected chi connectivity index (χ2v) is 4.26. The average molecular weight is 211 g/mol. The number of ether oxygens (including phenoxy) is 1. The van der Waals surface area contributed by atoms with E-state index >= 15 is 0 Å². The van der Waals surface area contributed by atoms with Crippen LogP contribution in [-0.2, 0) is 9.53 Å². The van der Waals surface area contributed by atoms with Crippen molar-refractivity contribution in [2.45, 2.75) is 38.7 Å². The number of hydrogen-bond acceptors (Lipinski definition) is 3. The van der Waals surface area contributed by atoms with Crippen molar-refractivity contribution >= 4 is 5.78 Å². The summed E-state index contributed by atoms with van der Waals surface area (Å²) in [6.45, 7) is 8.01. The van der Waals surface area contributed by atoms with Crippen LogP contribution in [0.2, 0.25) is 0 Å². The van der Waals surface area contributed by atoms with E-state index in [2.05, 4.69) is 11.9 Å². The number of carbonyl (C=O) groups is 1. The Balaban J connectivity index is 2.07. The fourth-order valence-corrected chi connectivity index (χ4v) is 1.60. The van der Waals surface area contributed by atoms with Crippen LogP contribution in [0.1, 0.15) is 32.6 Å². The molecular weight excluding hydrogens is 190 g/mol. The zero-order chi connectivity index (χ0) is 11.1. The first-order valence-electron chi connectivity index (χ1n) is 5.67. The van der Waals surface area contributed by atoms with Gasteiger partial charge in [0.2, 0.25) is 0 Å². The van der Waals surface area contributed by atoms with E-state index in [0.717, 1.165) is 37.9 Å². The highest BCUT2D eigenvalue weighted by Gasteiger charge is 2.14. The Labute approximate surface area is 91.9 Å². The Morgan fingerprint density at radius 2 is 2.07 bits per heavy atom. The first-order valence-corrected chi connectivity index (χ1v) is 5.67. The second-order valence-electron chi connectivity index (χ2n) is 4.26. The van der Waals surface area contributed by atoms with Crippen LogP contribution in [0.25, 0.3) is 0 Å². The Kier molecular flexibility index (Phi) is 5.58. The molecule has 0 atom stereocenters. The normalized spacial score (nSPS) is 17.7. The van der Waals surface area contributed by atoms with E-state index in [1.807, 2.05) is 6.92 Å². The van der Waals surface area contributed by atoms with Gasteiger partial charge in [0.25, 0.3) is 0 Å². The van der Waals surface area contributed by atoms with Gasteiger partial charge in [0.05, 0.1) is 6.10 Å².